The van der Waals surface area contributed by atoms with Crippen LogP contribution in [0.5, 0.6) is 0 Å². The first-order valence-corrected chi connectivity index (χ1v) is 6.69. The van der Waals surface area contributed by atoms with Gasteiger partial charge in [0.2, 0.25) is 5.91 Å². The Kier molecular flexibility index (Phi) is 3.94. The van der Waals surface area contributed by atoms with Crippen LogP contribution < -0.4 is 0 Å². The van der Waals surface area contributed by atoms with Gasteiger partial charge in [-0.2, -0.15) is 0 Å². The second kappa shape index (κ2) is 5.46. The summed E-state index contributed by atoms with van der Waals surface area (Å²) in [7, 11) is 0. The van der Waals surface area contributed by atoms with Gasteiger partial charge < -0.3 is 4.90 Å². The SMILES string of the molecule is Cc1nccc([C@H]2CCCCN2C(=O)C(C)C)n1. The van der Waals surface area contributed by atoms with E-state index in [-0.39, 0.29) is 17.9 Å². The Bertz CT molecular complexity index is 431. The maximum atomic E-state index is 12.2. The average Bonchev–Trinajstić information content (AvgIpc) is 2.38. The van der Waals surface area contributed by atoms with Gasteiger partial charge >= 0.3 is 0 Å². The molecule has 0 N–H and O–H groups in total. The van der Waals surface area contributed by atoms with Gasteiger partial charge in [-0.3, -0.25) is 4.79 Å². The van der Waals surface area contributed by atoms with E-state index in [0.29, 0.717) is 0 Å². The van der Waals surface area contributed by atoms with Crippen LogP contribution in [0.4, 0.5) is 0 Å². The number of rotatable bonds is 2. The minimum Gasteiger partial charge on any atom is -0.334 e. The molecule has 1 aromatic heterocycles. The minimum absolute atomic E-state index is 0.0496. The van der Waals surface area contributed by atoms with Crippen LogP contribution in [-0.4, -0.2) is 27.3 Å². The number of nitrogens with zero attached hydrogens (tertiary/aromatic N) is 3. The Morgan fingerprint density at radius 1 is 1.44 bits per heavy atom. The van der Waals surface area contributed by atoms with Crippen molar-refractivity contribution in [3.05, 3.63) is 23.8 Å². The fourth-order valence-electron chi connectivity index (χ4n) is 2.49. The number of hydrogen-bond donors (Lipinski definition) is 0. The van der Waals surface area contributed by atoms with E-state index < -0.39 is 0 Å². The molecule has 0 saturated carbocycles. The highest BCUT2D eigenvalue weighted by atomic mass is 16.2. The van der Waals surface area contributed by atoms with Crippen LogP contribution in [0, 0.1) is 12.8 Å². The van der Waals surface area contributed by atoms with E-state index in [4.69, 9.17) is 0 Å². The summed E-state index contributed by atoms with van der Waals surface area (Å²) >= 11 is 0. The van der Waals surface area contributed by atoms with Gasteiger partial charge in [0, 0.05) is 18.7 Å². The van der Waals surface area contributed by atoms with Crippen molar-refractivity contribution in [3.63, 3.8) is 0 Å². The third kappa shape index (κ3) is 2.68. The molecule has 0 bridgehead atoms. The van der Waals surface area contributed by atoms with E-state index >= 15 is 0 Å². The second-order valence-electron chi connectivity index (χ2n) is 5.23. The summed E-state index contributed by atoms with van der Waals surface area (Å²) in [6.45, 7) is 6.66. The molecule has 1 aromatic rings. The smallest absolute Gasteiger partial charge is 0.225 e. The maximum absolute atomic E-state index is 12.2. The Hall–Kier alpha value is -1.45. The summed E-state index contributed by atoms with van der Waals surface area (Å²) in [6.07, 6.45) is 5.05. The molecule has 1 atom stereocenters. The number of aromatic nitrogens is 2. The molecule has 0 aromatic carbocycles. The highest BCUT2D eigenvalue weighted by Crippen LogP contribution is 2.30. The van der Waals surface area contributed by atoms with Crippen molar-refractivity contribution in [2.24, 2.45) is 5.92 Å². The number of likely N-dealkylation sites (tertiary alicyclic amines) is 1. The zero-order valence-corrected chi connectivity index (χ0v) is 11.4. The summed E-state index contributed by atoms with van der Waals surface area (Å²) in [5.74, 6) is 1.06. The maximum Gasteiger partial charge on any atom is 0.225 e. The number of carbonyl (C=O) groups is 1. The fourth-order valence-corrected chi connectivity index (χ4v) is 2.49. The van der Waals surface area contributed by atoms with Crippen LogP contribution in [0.3, 0.4) is 0 Å². The van der Waals surface area contributed by atoms with Crippen LogP contribution in [0.15, 0.2) is 12.3 Å². The second-order valence-corrected chi connectivity index (χ2v) is 5.23. The van der Waals surface area contributed by atoms with Gasteiger partial charge in [0.05, 0.1) is 11.7 Å². The monoisotopic (exact) mass is 247 g/mol. The van der Waals surface area contributed by atoms with E-state index in [1.54, 1.807) is 6.20 Å². The first kappa shape index (κ1) is 13.0. The molecule has 1 aliphatic rings. The largest absolute Gasteiger partial charge is 0.334 e. The van der Waals surface area contributed by atoms with Crippen LogP contribution in [-0.2, 0) is 4.79 Å². The Labute approximate surface area is 108 Å². The van der Waals surface area contributed by atoms with Crippen molar-refractivity contribution >= 4 is 5.91 Å². The van der Waals surface area contributed by atoms with Gasteiger partial charge in [-0.15, -0.1) is 0 Å². The molecular formula is C14H21N3O. The van der Waals surface area contributed by atoms with Crippen LogP contribution >= 0.6 is 0 Å². The number of aryl methyl sites for hydroxylation is 1. The number of piperidine rings is 1. The van der Waals surface area contributed by atoms with Crippen LogP contribution in [0.25, 0.3) is 0 Å². The van der Waals surface area contributed by atoms with Gasteiger partial charge in [-0.25, -0.2) is 9.97 Å². The first-order chi connectivity index (χ1) is 8.59. The van der Waals surface area contributed by atoms with Crippen molar-refractivity contribution in [2.45, 2.75) is 46.1 Å². The molecular weight excluding hydrogens is 226 g/mol. The average molecular weight is 247 g/mol. The molecule has 2 heterocycles. The highest BCUT2D eigenvalue weighted by molar-refractivity contribution is 5.78. The van der Waals surface area contributed by atoms with Crippen molar-refractivity contribution in [1.29, 1.82) is 0 Å². The van der Waals surface area contributed by atoms with E-state index in [2.05, 4.69) is 9.97 Å². The van der Waals surface area contributed by atoms with Crippen molar-refractivity contribution in [3.8, 4) is 0 Å². The van der Waals surface area contributed by atoms with Crippen molar-refractivity contribution in [1.82, 2.24) is 14.9 Å². The molecule has 0 aliphatic carbocycles. The summed E-state index contributed by atoms with van der Waals surface area (Å²) in [6, 6.07) is 2.07. The van der Waals surface area contributed by atoms with E-state index in [0.717, 1.165) is 37.3 Å². The quantitative estimate of drug-likeness (QED) is 0.806. The molecule has 0 unspecified atom stereocenters. The van der Waals surface area contributed by atoms with E-state index in [1.165, 1.54) is 0 Å². The highest BCUT2D eigenvalue weighted by Gasteiger charge is 2.30. The molecule has 1 amide bonds. The number of hydrogen-bond acceptors (Lipinski definition) is 3. The lowest BCUT2D eigenvalue weighted by atomic mass is 9.97. The molecule has 1 aliphatic heterocycles. The number of amides is 1. The molecule has 4 heteroatoms. The molecule has 2 rings (SSSR count). The zero-order chi connectivity index (χ0) is 13.1. The number of carbonyl (C=O) groups excluding carboxylic acids is 1. The Balaban J connectivity index is 2.25. The third-order valence-corrected chi connectivity index (χ3v) is 3.42. The zero-order valence-electron chi connectivity index (χ0n) is 11.4. The predicted octanol–water partition coefficient (Wildman–Crippen LogP) is 2.49. The first-order valence-electron chi connectivity index (χ1n) is 6.69. The minimum atomic E-state index is 0.0496. The summed E-state index contributed by atoms with van der Waals surface area (Å²) < 4.78 is 0. The normalized spacial score (nSPS) is 20.2. The lowest BCUT2D eigenvalue weighted by Crippen LogP contribution is -2.41. The molecule has 0 radical (unpaired) electrons. The third-order valence-electron chi connectivity index (χ3n) is 3.42. The summed E-state index contributed by atoms with van der Waals surface area (Å²) in [4.78, 5) is 22.9. The predicted molar refractivity (Wildman–Crippen MR) is 69.9 cm³/mol. The topological polar surface area (TPSA) is 46.1 Å². The summed E-state index contributed by atoms with van der Waals surface area (Å²) in [5, 5.41) is 0. The Morgan fingerprint density at radius 2 is 2.22 bits per heavy atom. The fraction of sp³-hybridized carbons (Fsp3) is 0.643. The molecule has 1 fully saturated rings. The van der Waals surface area contributed by atoms with Crippen LogP contribution in [0.2, 0.25) is 0 Å². The Morgan fingerprint density at radius 3 is 2.89 bits per heavy atom. The van der Waals surface area contributed by atoms with Crippen molar-refractivity contribution in [2.75, 3.05) is 6.54 Å². The molecule has 1 saturated heterocycles. The molecule has 98 valence electrons. The standard InChI is InChI=1S/C14H21N3O/c1-10(2)14(18)17-9-5-4-6-13(17)12-7-8-15-11(3)16-12/h7-8,10,13H,4-6,9H2,1-3H3/t13-/m1/s1. The molecule has 18 heavy (non-hydrogen) atoms. The molecule has 0 spiro atoms. The van der Waals surface area contributed by atoms with E-state index in [1.807, 2.05) is 31.7 Å². The van der Waals surface area contributed by atoms with Gasteiger partial charge in [-0.05, 0) is 32.3 Å². The molecule has 4 nitrogen and oxygen atoms in total. The lowest BCUT2D eigenvalue weighted by molar-refractivity contribution is -0.138. The van der Waals surface area contributed by atoms with Crippen molar-refractivity contribution < 1.29 is 4.79 Å². The van der Waals surface area contributed by atoms with E-state index in [9.17, 15) is 4.79 Å². The summed E-state index contributed by atoms with van der Waals surface area (Å²) in [5.41, 5.74) is 0.983. The van der Waals surface area contributed by atoms with Gasteiger partial charge in [-0.1, -0.05) is 13.8 Å². The lowest BCUT2D eigenvalue weighted by Gasteiger charge is -2.36. The van der Waals surface area contributed by atoms with Crippen LogP contribution in [0.1, 0.15) is 50.7 Å². The van der Waals surface area contributed by atoms with Gasteiger partial charge in [0.1, 0.15) is 5.82 Å². The van der Waals surface area contributed by atoms with Gasteiger partial charge in [0.15, 0.2) is 0 Å². The van der Waals surface area contributed by atoms with Gasteiger partial charge in [0.25, 0.3) is 0 Å².